The van der Waals surface area contributed by atoms with Crippen LogP contribution in [0.1, 0.15) is 21.7 Å². The van der Waals surface area contributed by atoms with E-state index in [0.717, 1.165) is 11.4 Å². The normalized spacial score (nSPS) is 10.6. The Morgan fingerprint density at radius 2 is 2.22 bits per heavy atom. The molecule has 94 valence electrons. The molecule has 0 saturated heterocycles. The van der Waals surface area contributed by atoms with E-state index in [9.17, 15) is 9.59 Å². The van der Waals surface area contributed by atoms with Crippen LogP contribution in [0.4, 0.5) is 0 Å². The maximum atomic E-state index is 11.3. The van der Waals surface area contributed by atoms with Crippen molar-refractivity contribution < 1.29 is 9.90 Å². The lowest BCUT2D eigenvalue weighted by Crippen LogP contribution is -2.17. The largest absolute Gasteiger partial charge is 0.477 e. The molecule has 0 saturated carbocycles. The number of aromatic carboxylic acids is 1. The topological polar surface area (TPSA) is 77.1 Å². The Bertz CT molecular complexity index is 655. The van der Waals surface area contributed by atoms with Gasteiger partial charge in [-0.15, -0.1) is 0 Å². The summed E-state index contributed by atoms with van der Waals surface area (Å²) in [6.45, 7) is 2.36. The minimum Gasteiger partial charge on any atom is -0.477 e. The molecule has 2 rings (SSSR count). The van der Waals surface area contributed by atoms with Gasteiger partial charge in [-0.3, -0.25) is 9.48 Å². The Morgan fingerprint density at radius 1 is 1.50 bits per heavy atom. The molecule has 0 radical (unpaired) electrons. The highest BCUT2D eigenvalue weighted by atomic mass is 16.4. The van der Waals surface area contributed by atoms with Crippen molar-refractivity contribution in [2.24, 2.45) is 7.05 Å². The lowest BCUT2D eigenvalue weighted by molar-refractivity contribution is 0.0694. The zero-order valence-corrected chi connectivity index (χ0v) is 10.1. The highest BCUT2D eigenvalue weighted by Crippen LogP contribution is 2.05. The highest BCUT2D eigenvalue weighted by Gasteiger charge is 2.09. The smallest absolute Gasteiger partial charge is 0.341 e. The van der Waals surface area contributed by atoms with Crippen molar-refractivity contribution in [3.05, 3.63) is 51.7 Å². The molecule has 2 aromatic heterocycles. The zero-order valence-electron chi connectivity index (χ0n) is 10.1. The third kappa shape index (κ3) is 2.32. The van der Waals surface area contributed by atoms with Crippen molar-refractivity contribution in [2.75, 3.05) is 0 Å². The summed E-state index contributed by atoms with van der Waals surface area (Å²) in [5.41, 5.74) is 1.12. The van der Waals surface area contributed by atoms with Crippen LogP contribution in [0.5, 0.6) is 0 Å². The molecule has 2 aromatic rings. The SMILES string of the molecule is Cc1cc(Cn2ccc(=O)c(C(=O)O)c2)n(C)n1. The van der Waals surface area contributed by atoms with Crippen LogP contribution in [0.25, 0.3) is 0 Å². The molecule has 0 bridgehead atoms. The molecule has 0 aliphatic heterocycles. The number of hydrogen-bond acceptors (Lipinski definition) is 3. The fourth-order valence-corrected chi connectivity index (χ4v) is 1.78. The molecule has 0 amide bonds. The highest BCUT2D eigenvalue weighted by molar-refractivity contribution is 5.86. The predicted octanol–water partition coefficient (Wildman–Crippen LogP) is 0.637. The average Bonchev–Trinajstić information content (AvgIpc) is 2.60. The van der Waals surface area contributed by atoms with Gasteiger partial charge in [-0.05, 0) is 13.0 Å². The van der Waals surface area contributed by atoms with Crippen molar-refractivity contribution in [2.45, 2.75) is 13.5 Å². The third-order valence-electron chi connectivity index (χ3n) is 2.65. The van der Waals surface area contributed by atoms with E-state index in [1.807, 2.05) is 20.0 Å². The minimum absolute atomic E-state index is 0.226. The second kappa shape index (κ2) is 4.48. The first-order valence-corrected chi connectivity index (χ1v) is 5.40. The Balaban J connectivity index is 2.35. The summed E-state index contributed by atoms with van der Waals surface area (Å²) in [6, 6.07) is 3.17. The number of hydrogen-bond donors (Lipinski definition) is 1. The number of rotatable bonds is 3. The second-order valence-electron chi connectivity index (χ2n) is 4.10. The first kappa shape index (κ1) is 12.1. The average molecular weight is 247 g/mol. The van der Waals surface area contributed by atoms with Gasteiger partial charge in [-0.1, -0.05) is 0 Å². The van der Waals surface area contributed by atoms with Crippen molar-refractivity contribution in [3.63, 3.8) is 0 Å². The molecule has 0 fully saturated rings. The number of aromatic nitrogens is 3. The van der Waals surface area contributed by atoms with Crippen LogP contribution in [0.15, 0.2) is 29.3 Å². The van der Waals surface area contributed by atoms with E-state index >= 15 is 0 Å². The molecule has 0 atom stereocenters. The van der Waals surface area contributed by atoms with Crippen LogP contribution in [0, 0.1) is 6.92 Å². The lowest BCUT2D eigenvalue weighted by atomic mass is 10.2. The van der Waals surface area contributed by atoms with E-state index in [1.165, 1.54) is 12.3 Å². The summed E-state index contributed by atoms with van der Waals surface area (Å²) in [4.78, 5) is 22.2. The Hall–Kier alpha value is -2.37. The van der Waals surface area contributed by atoms with Gasteiger partial charge in [0, 0.05) is 25.5 Å². The zero-order chi connectivity index (χ0) is 13.3. The van der Waals surface area contributed by atoms with Gasteiger partial charge >= 0.3 is 5.97 Å². The Morgan fingerprint density at radius 3 is 2.78 bits per heavy atom. The standard InChI is InChI=1S/C12H13N3O3/c1-8-5-9(14(2)13-8)6-15-4-3-11(16)10(7-15)12(17)18/h3-5,7H,6H2,1-2H3,(H,17,18). The van der Waals surface area contributed by atoms with E-state index in [4.69, 9.17) is 5.11 Å². The molecule has 1 N–H and O–H groups in total. The lowest BCUT2D eigenvalue weighted by Gasteiger charge is -2.07. The van der Waals surface area contributed by atoms with Gasteiger partial charge < -0.3 is 9.67 Å². The fourth-order valence-electron chi connectivity index (χ4n) is 1.78. The second-order valence-corrected chi connectivity index (χ2v) is 4.10. The van der Waals surface area contributed by atoms with Crippen LogP contribution in [0.2, 0.25) is 0 Å². The van der Waals surface area contributed by atoms with Crippen molar-refractivity contribution in [3.8, 4) is 0 Å². The van der Waals surface area contributed by atoms with Gasteiger partial charge in [0.1, 0.15) is 5.56 Å². The molecule has 0 aliphatic rings. The molecule has 0 aromatic carbocycles. The molecule has 0 aliphatic carbocycles. The van der Waals surface area contributed by atoms with Crippen LogP contribution in [-0.2, 0) is 13.6 Å². The molecule has 2 heterocycles. The summed E-state index contributed by atoms with van der Waals surface area (Å²) in [6.07, 6.45) is 2.91. The molecular formula is C12H13N3O3. The number of nitrogens with zero attached hydrogens (tertiary/aromatic N) is 3. The molecule has 18 heavy (non-hydrogen) atoms. The van der Waals surface area contributed by atoms with Crippen LogP contribution < -0.4 is 5.43 Å². The van der Waals surface area contributed by atoms with Gasteiger partial charge in [0.2, 0.25) is 0 Å². The monoisotopic (exact) mass is 247 g/mol. The van der Waals surface area contributed by atoms with Crippen molar-refractivity contribution >= 4 is 5.97 Å². The van der Waals surface area contributed by atoms with E-state index in [-0.39, 0.29) is 5.56 Å². The van der Waals surface area contributed by atoms with E-state index in [1.54, 1.807) is 15.4 Å². The van der Waals surface area contributed by atoms with E-state index in [0.29, 0.717) is 6.54 Å². The number of aryl methyl sites for hydroxylation is 2. The van der Waals surface area contributed by atoms with Crippen LogP contribution >= 0.6 is 0 Å². The number of carboxylic acids is 1. The molecule has 6 heteroatoms. The van der Waals surface area contributed by atoms with Gasteiger partial charge in [-0.25, -0.2) is 4.79 Å². The Kier molecular flexibility index (Phi) is 3.01. The molecular weight excluding hydrogens is 234 g/mol. The summed E-state index contributed by atoms with van der Waals surface area (Å²) >= 11 is 0. The molecule has 0 spiro atoms. The fraction of sp³-hybridized carbons (Fsp3) is 0.250. The van der Waals surface area contributed by atoms with E-state index < -0.39 is 11.4 Å². The molecule has 6 nitrogen and oxygen atoms in total. The maximum Gasteiger partial charge on any atom is 0.341 e. The summed E-state index contributed by atoms with van der Waals surface area (Å²) in [5, 5.41) is 13.1. The predicted molar refractivity (Wildman–Crippen MR) is 64.7 cm³/mol. The van der Waals surface area contributed by atoms with Gasteiger partial charge in [-0.2, -0.15) is 5.10 Å². The Labute approximate surface area is 103 Å². The first-order chi connectivity index (χ1) is 8.47. The van der Waals surface area contributed by atoms with Gasteiger partial charge in [0.05, 0.1) is 17.9 Å². The van der Waals surface area contributed by atoms with Gasteiger partial charge in [0.25, 0.3) is 0 Å². The number of pyridine rings is 1. The van der Waals surface area contributed by atoms with Gasteiger partial charge in [0.15, 0.2) is 5.43 Å². The number of carbonyl (C=O) groups is 1. The van der Waals surface area contributed by atoms with E-state index in [2.05, 4.69) is 5.10 Å². The summed E-state index contributed by atoms with van der Waals surface area (Å²) in [7, 11) is 1.82. The first-order valence-electron chi connectivity index (χ1n) is 5.40. The summed E-state index contributed by atoms with van der Waals surface area (Å²) in [5.74, 6) is -1.21. The van der Waals surface area contributed by atoms with Crippen molar-refractivity contribution in [1.29, 1.82) is 0 Å². The summed E-state index contributed by atoms with van der Waals surface area (Å²) < 4.78 is 3.38. The minimum atomic E-state index is -1.21. The quantitative estimate of drug-likeness (QED) is 0.863. The number of carboxylic acid groups (broad SMARTS) is 1. The van der Waals surface area contributed by atoms with Crippen molar-refractivity contribution in [1.82, 2.24) is 14.3 Å². The maximum absolute atomic E-state index is 11.3. The van der Waals surface area contributed by atoms with Crippen LogP contribution in [-0.4, -0.2) is 25.4 Å². The molecule has 0 unspecified atom stereocenters. The van der Waals surface area contributed by atoms with Crippen LogP contribution in [0.3, 0.4) is 0 Å². The third-order valence-corrected chi connectivity index (χ3v) is 2.65.